The summed E-state index contributed by atoms with van der Waals surface area (Å²) < 4.78 is 38.0. The fourth-order valence-corrected chi connectivity index (χ4v) is 1.68. The topological polar surface area (TPSA) is 62.2 Å². The van der Waals surface area contributed by atoms with E-state index in [-0.39, 0.29) is 17.0 Å². The van der Waals surface area contributed by atoms with Crippen LogP contribution in [0.15, 0.2) is 36.7 Å². The highest BCUT2D eigenvalue weighted by molar-refractivity contribution is 6.04. The molecule has 1 aromatic carbocycles. The highest BCUT2D eigenvalue weighted by Crippen LogP contribution is 2.32. The van der Waals surface area contributed by atoms with E-state index in [1.165, 1.54) is 18.3 Å². The number of carbonyl (C=O) groups excluding carboxylic acids is 1. The van der Waals surface area contributed by atoms with Crippen molar-refractivity contribution in [2.24, 2.45) is 0 Å². The lowest BCUT2D eigenvalue weighted by Crippen LogP contribution is -2.14. The number of carbonyl (C=O) groups is 1. The molecule has 0 saturated carbocycles. The van der Waals surface area contributed by atoms with E-state index in [0.717, 1.165) is 18.3 Å². The van der Waals surface area contributed by atoms with Crippen molar-refractivity contribution in [2.45, 2.75) is 13.1 Å². The van der Waals surface area contributed by atoms with Gasteiger partial charge in [0.15, 0.2) is 0 Å². The van der Waals surface area contributed by atoms with Crippen LogP contribution in [0.3, 0.4) is 0 Å². The molecule has 7 heteroatoms. The van der Waals surface area contributed by atoms with Crippen LogP contribution < -0.4 is 5.32 Å². The molecule has 2 aromatic rings. The average molecular weight is 296 g/mol. The first-order valence-corrected chi connectivity index (χ1v) is 5.90. The molecule has 0 fully saturated rings. The SMILES string of the molecule is Cc1ccc(C(F)(F)F)cc1NC(=O)c1cncc(O)c1. The summed E-state index contributed by atoms with van der Waals surface area (Å²) in [6, 6.07) is 4.26. The van der Waals surface area contributed by atoms with Gasteiger partial charge in [0.05, 0.1) is 17.3 Å². The molecule has 1 amide bonds. The van der Waals surface area contributed by atoms with E-state index < -0.39 is 17.6 Å². The van der Waals surface area contributed by atoms with Gasteiger partial charge in [-0.2, -0.15) is 13.2 Å². The second-order valence-corrected chi connectivity index (χ2v) is 4.41. The smallest absolute Gasteiger partial charge is 0.416 e. The number of anilines is 1. The molecule has 1 heterocycles. The second-order valence-electron chi connectivity index (χ2n) is 4.41. The summed E-state index contributed by atoms with van der Waals surface area (Å²) in [6.45, 7) is 1.58. The summed E-state index contributed by atoms with van der Waals surface area (Å²) in [4.78, 5) is 15.6. The van der Waals surface area contributed by atoms with Crippen molar-refractivity contribution in [2.75, 3.05) is 5.32 Å². The van der Waals surface area contributed by atoms with Crippen LogP contribution in [-0.2, 0) is 6.18 Å². The largest absolute Gasteiger partial charge is 0.506 e. The van der Waals surface area contributed by atoms with Gasteiger partial charge in [0.1, 0.15) is 5.75 Å². The normalized spacial score (nSPS) is 11.2. The summed E-state index contributed by atoms with van der Waals surface area (Å²) in [5.74, 6) is -0.857. The zero-order valence-electron chi connectivity index (χ0n) is 10.9. The number of amides is 1. The third-order valence-electron chi connectivity index (χ3n) is 2.80. The molecule has 2 rings (SSSR count). The maximum Gasteiger partial charge on any atom is 0.416 e. The van der Waals surface area contributed by atoms with Gasteiger partial charge in [-0.1, -0.05) is 6.07 Å². The number of halogens is 3. The van der Waals surface area contributed by atoms with Gasteiger partial charge in [0.25, 0.3) is 5.91 Å². The Kier molecular flexibility index (Phi) is 3.84. The Morgan fingerprint density at radius 1 is 1.24 bits per heavy atom. The zero-order valence-corrected chi connectivity index (χ0v) is 10.9. The van der Waals surface area contributed by atoms with Crippen molar-refractivity contribution < 1.29 is 23.1 Å². The lowest BCUT2D eigenvalue weighted by molar-refractivity contribution is -0.137. The molecule has 2 N–H and O–H groups in total. The van der Waals surface area contributed by atoms with Crippen LogP contribution in [0.1, 0.15) is 21.5 Å². The van der Waals surface area contributed by atoms with Crippen LogP contribution in [0, 0.1) is 6.92 Å². The van der Waals surface area contributed by atoms with E-state index in [0.29, 0.717) is 5.56 Å². The minimum Gasteiger partial charge on any atom is -0.506 e. The van der Waals surface area contributed by atoms with Crippen molar-refractivity contribution in [1.82, 2.24) is 4.98 Å². The molecule has 0 spiro atoms. The number of hydrogen-bond acceptors (Lipinski definition) is 3. The van der Waals surface area contributed by atoms with Gasteiger partial charge in [0, 0.05) is 11.9 Å². The Bertz CT molecular complexity index is 684. The van der Waals surface area contributed by atoms with E-state index in [9.17, 15) is 23.1 Å². The number of pyridine rings is 1. The van der Waals surface area contributed by atoms with E-state index in [4.69, 9.17) is 0 Å². The number of nitrogens with zero attached hydrogens (tertiary/aromatic N) is 1. The Morgan fingerprint density at radius 2 is 1.95 bits per heavy atom. The Labute approximate surface area is 118 Å². The monoisotopic (exact) mass is 296 g/mol. The third-order valence-corrected chi connectivity index (χ3v) is 2.80. The fourth-order valence-electron chi connectivity index (χ4n) is 1.68. The van der Waals surface area contributed by atoms with Gasteiger partial charge in [-0.3, -0.25) is 9.78 Å². The number of alkyl halides is 3. The van der Waals surface area contributed by atoms with Crippen LogP contribution >= 0.6 is 0 Å². The van der Waals surface area contributed by atoms with Gasteiger partial charge < -0.3 is 10.4 Å². The number of aromatic hydroxyl groups is 1. The molecule has 0 aliphatic heterocycles. The summed E-state index contributed by atoms with van der Waals surface area (Å²) in [5.41, 5.74) is -0.258. The minimum absolute atomic E-state index is 0.0480. The molecule has 0 bridgehead atoms. The Balaban J connectivity index is 2.29. The van der Waals surface area contributed by atoms with Crippen LogP contribution in [0.2, 0.25) is 0 Å². The molecule has 0 aliphatic rings. The first-order valence-electron chi connectivity index (χ1n) is 5.90. The van der Waals surface area contributed by atoms with Crippen molar-refractivity contribution >= 4 is 11.6 Å². The first kappa shape index (κ1) is 14.8. The Hall–Kier alpha value is -2.57. The van der Waals surface area contributed by atoms with Crippen molar-refractivity contribution in [3.8, 4) is 5.75 Å². The standard InChI is InChI=1S/C14H11F3N2O2/c1-8-2-3-10(14(15,16)17)5-12(8)19-13(21)9-4-11(20)7-18-6-9/h2-7,20H,1H3,(H,19,21). The van der Waals surface area contributed by atoms with Crippen LogP contribution in [0.25, 0.3) is 0 Å². The molecule has 0 atom stereocenters. The molecule has 110 valence electrons. The summed E-state index contributed by atoms with van der Waals surface area (Å²) in [5, 5.41) is 11.6. The van der Waals surface area contributed by atoms with E-state index in [2.05, 4.69) is 10.3 Å². The summed E-state index contributed by atoms with van der Waals surface area (Å²) in [6.07, 6.45) is -2.13. The van der Waals surface area contributed by atoms with Gasteiger partial charge in [-0.25, -0.2) is 0 Å². The number of aromatic nitrogens is 1. The number of rotatable bonds is 2. The van der Waals surface area contributed by atoms with Gasteiger partial charge in [-0.15, -0.1) is 0 Å². The molecular formula is C14H11F3N2O2. The molecule has 0 radical (unpaired) electrons. The molecule has 4 nitrogen and oxygen atoms in total. The second kappa shape index (κ2) is 5.43. The maximum atomic E-state index is 12.7. The maximum absolute atomic E-state index is 12.7. The number of benzene rings is 1. The molecule has 21 heavy (non-hydrogen) atoms. The third kappa shape index (κ3) is 3.50. The number of nitrogens with one attached hydrogen (secondary N) is 1. The summed E-state index contributed by atoms with van der Waals surface area (Å²) in [7, 11) is 0. The lowest BCUT2D eigenvalue weighted by Gasteiger charge is -2.12. The minimum atomic E-state index is -4.49. The van der Waals surface area contributed by atoms with Crippen molar-refractivity contribution in [3.05, 3.63) is 53.3 Å². The summed E-state index contributed by atoms with van der Waals surface area (Å²) >= 11 is 0. The van der Waals surface area contributed by atoms with Crippen LogP contribution in [0.5, 0.6) is 5.75 Å². The van der Waals surface area contributed by atoms with E-state index in [1.807, 2.05) is 0 Å². The molecule has 0 unspecified atom stereocenters. The predicted octanol–water partition coefficient (Wildman–Crippen LogP) is 3.37. The average Bonchev–Trinajstić information content (AvgIpc) is 2.40. The van der Waals surface area contributed by atoms with Crippen LogP contribution in [-0.4, -0.2) is 16.0 Å². The molecule has 1 aromatic heterocycles. The highest BCUT2D eigenvalue weighted by Gasteiger charge is 2.30. The molecule has 0 saturated heterocycles. The first-order chi connectivity index (χ1) is 9.77. The fraction of sp³-hybridized carbons (Fsp3) is 0.143. The van der Waals surface area contributed by atoms with Crippen molar-refractivity contribution in [3.63, 3.8) is 0 Å². The quantitative estimate of drug-likeness (QED) is 0.893. The number of aryl methyl sites for hydroxylation is 1. The number of hydrogen-bond donors (Lipinski definition) is 2. The highest BCUT2D eigenvalue weighted by atomic mass is 19.4. The predicted molar refractivity (Wildman–Crippen MR) is 70.0 cm³/mol. The Morgan fingerprint density at radius 3 is 2.57 bits per heavy atom. The van der Waals surface area contributed by atoms with Crippen LogP contribution in [0.4, 0.5) is 18.9 Å². The molecule has 0 aliphatic carbocycles. The van der Waals surface area contributed by atoms with Gasteiger partial charge in [0.2, 0.25) is 0 Å². The van der Waals surface area contributed by atoms with Gasteiger partial charge in [-0.05, 0) is 30.7 Å². The van der Waals surface area contributed by atoms with Crippen molar-refractivity contribution in [1.29, 1.82) is 0 Å². The lowest BCUT2D eigenvalue weighted by atomic mass is 10.1. The van der Waals surface area contributed by atoms with E-state index in [1.54, 1.807) is 6.92 Å². The molecular weight excluding hydrogens is 285 g/mol. The van der Waals surface area contributed by atoms with Gasteiger partial charge >= 0.3 is 6.18 Å². The zero-order chi connectivity index (χ0) is 15.6. The van der Waals surface area contributed by atoms with E-state index >= 15 is 0 Å².